The van der Waals surface area contributed by atoms with Gasteiger partial charge >= 0.3 is 0 Å². The highest BCUT2D eigenvalue weighted by Gasteiger charge is 2.43. The number of oxime groups is 1. The highest BCUT2D eigenvalue weighted by atomic mass is 16.4. The SMILES string of the molecule is Cc1ccccc1[C@H](C)NCC1(C/C(N)=N/O)CC1. The van der Waals surface area contributed by atoms with E-state index in [2.05, 4.69) is 48.6 Å². The van der Waals surface area contributed by atoms with E-state index in [0.717, 1.165) is 19.4 Å². The third kappa shape index (κ3) is 3.47. The molecule has 0 heterocycles. The average Bonchev–Trinajstić information content (AvgIpc) is 3.16. The van der Waals surface area contributed by atoms with Gasteiger partial charge in [-0.2, -0.15) is 0 Å². The second-order valence-corrected chi connectivity index (χ2v) is 5.73. The van der Waals surface area contributed by atoms with Gasteiger partial charge in [0.1, 0.15) is 5.84 Å². The number of nitrogens with two attached hydrogens (primary N) is 1. The molecule has 1 aromatic carbocycles. The van der Waals surface area contributed by atoms with E-state index >= 15 is 0 Å². The van der Waals surface area contributed by atoms with E-state index in [1.165, 1.54) is 11.1 Å². The van der Waals surface area contributed by atoms with Crippen molar-refractivity contribution in [3.63, 3.8) is 0 Å². The van der Waals surface area contributed by atoms with Crippen LogP contribution in [0, 0.1) is 12.3 Å². The van der Waals surface area contributed by atoms with Crippen molar-refractivity contribution in [1.29, 1.82) is 0 Å². The van der Waals surface area contributed by atoms with E-state index in [1.54, 1.807) is 0 Å². The van der Waals surface area contributed by atoms with E-state index < -0.39 is 0 Å². The molecule has 1 saturated carbocycles. The zero-order chi connectivity index (χ0) is 13.9. The van der Waals surface area contributed by atoms with E-state index in [0.29, 0.717) is 18.3 Å². The Morgan fingerprint density at radius 1 is 1.47 bits per heavy atom. The predicted molar refractivity (Wildman–Crippen MR) is 77.3 cm³/mol. The Balaban J connectivity index is 1.91. The molecule has 0 aliphatic heterocycles. The number of hydrogen-bond donors (Lipinski definition) is 3. The number of rotatable bonds is 6. The topological polar surface area (TPSA) is 70.6 Å². The monoisotopic (exact) mass is 261 g/mol. The summed E-state index contributed by atoms with van der Waals surface area (Å²) in [5, 5.41) is 15.3. The van der Waals surface area contributed by atoms with Crippen LogP contribution in [-0.4, -0.2) is 17.6 Å². The Kier molecular flexibility index (Phi) is 4.10. The van der Waals surface area contributed by atoms with Crippen LogP contribution in [0.3, 0.4) is 0 Å². The van der Waals surface area contributed by atoms with Gasteiger partial charge in [-0.15, -0.1) is 0 Å². The van der Waals surface area contributed by atoms with Crippen LogP contribution in [0.15, 0.2) is 29.4 Å². The van der Waals surface area contributed by atoms with Crippen molar-refractivity contribution in [2.75, 3.05) is 6.54 Å². The Hall–Kier alpha value is -1.55. The molecule has 0 radical (unpaired) electrons. The second-order valence-electron chi connectivity index (χ2n) is 5.73. The Bertz CT molecular complexity index is 466. The minimum Gasteiger partial charge on any atom is -0.409 e. The molecule has 1 atom stereocenters. The maximum absolute atomic E-state index is 8.66. The molecule has 4 heteroatoms. The fourth-order valence-electron chi connectivity index (χ4n) is 2.56. The smallest absolute Gasteiger partial charge is 0.139 e. The molecule has 2 rings (SSSR count). The molecule has 104 valence electrons. The molecule has 4 N–H and O–H groups in total. The summed E-state index contributed by atoms with van der Waals surface area (Å²) in [5.74, 6) is 0.336. The molecule has 0 spiro atoms. The Labute approximate surface area is 114 Å². The molecule has 0 unspecified atom stereocenters. The summed E-state index contributed by atoms with van der Waals surface area (Å²) in [6.45, 7) is 5.23. The molecular formula is C15H23N3O. The van der Waals surface area contributed by atoms with E-state index in [1.807, 2.05) is 0 Å². The van der Waals surface area contributed by atoms with Gasteiger partial charge in [0.15, 0.2) is 0 Å². The number of aryl methyl sites for hydroxylation is 1. The fourth-order valence-corrected chi connectivity index (χ4v) is 2.56. The van der Waals surface area contributed by atoms with Gasteiger partial charge in [-0.1, -0.05) is 29.4 Å². The summed E-state index contributed by atoms with van der Waals surface area (Å²) >= 11 is 0. The maximum atomic E-state index is 8.66. The van der Waals surface area contributed by atoms with Crippen LogP contribution < -0.4 is 11.1 Å². The molecule has 0 saturated heterocycles. The van der Waals surface area contributed by atoms with Crippen molar-refractivity contribution in [3.8, 4) is 0 Å². The summed E-state index contributed by atoms with van der Waals surface area (Å²) in [4.78, 5) is 0. The van der Waals surface area contributed by atoms with Crippen LogP contribution in [0.5, 0.6) is 0 Å². The lowest BCUT2D eigenvalue weighted by Crippen LogP contribution is -2.30. The van der Waals surface area contributed by atoms with Gasteiger partial charge in [-0.3, -0.25) is 0 Å². The van der Waals surface area contributed by atoms with Gasteiger partial charge < -0.3 is 16.3 Å². The van der Waals surface area contributed by atoms with E-state index in [9.17, 15) is 0 Å². The molecule has 0 amide bonds. The van der Waals surface area contributed by atoms with Crippen molar-refractivity contribution >= 4 is 5.84 Å². The first-order chi connectivity index (χ1) is 9.06. The third-order valence-electron chi connectivity index (χ3n) is 4.08. The molecule has 4 nitrogen and oxygen atoms in total. The van der Waals surface area contributed by atoms with Crippen molar-refractivity contribution in [3.05, 3.63) is 35.4 Å². The zero-order valence-corrected chi connectivity index (χ0v) is 11.7. The molecule has 19 heavy (non-hydrogen) atoms. The van der Waals surface area contributed by atoms with E-state index in [-0.39, 0.29) is 5.41 Å². The molecule has 1 fully saturated rings. The van der Waals surface area contributed by atoms with Crippen LogP contribution in [0.1, 0.15) is 43.4 Å². The maximum Gasteiger partial charge on any atom is 0.139 e. The van der Waals surface area contributed by atoms with Gasteiger partial charge in [-0.05, 0) is 43.2 Å². The molecular weight excluding hydrogens is 238 g/mol. The lowest BCUT2D eigenvalue weighted by atomic mass is 9.99. The van der Waals surface area contributed by atoms with Crippen LogP contribution in [0.4, 0.5) is 0 Å². The van der Waals surface area contributed by atoms with Crippen LogP contribution >= 0.6 is 0 Å². The summed E-state index contributed by atoms with van der Waals surface area (Å²) < 4.78 is 0. The number of nitrogens with one attached hydrogen (secondary N) is 1. The quantitative estimate of drug-likeness (QED) is 0.319. The minimum atomic E-state index is 0.202. The summed E-state index contributed by atoms with van der Waals surface area (Å²) in [5.41, 5.74) is 8.46. The highest BCUT2D eigenvalue weighted by Crippen LogP contribution is 2.48. The molecule has 1 aliphatic carbocycles. The molecule has 1 aromatic rings. The minimum absolute atomic E-state index is 0.202. The normalized spacial score (nSPS) is 19.2. The Morgan fingerprint density at radius 3 is 2.74 bits per heavy atom. The first kappa shape index (κ1) is 13.9. The second kappa shape index (κ2) is 5.61. The third-order valence-corrected chi connectivity index (χ3v) is 4.08. The largest absolute Gasteiger partial charge is 0.409 e. The highest BCUT2D eigenvalue weighted by molar-refractivity contribution is 5.80. The lowest BCUT2D eigenvalue weighted by Gasteiger charge is -2.21. The van der Waals surface area contributed by atoms with Gasteiger partial charge in [-0.25, -0.2) is 0 Å². The van der Waals surface area contributed by atoms with Crippen molar-refractivity contribution in [2.45, 2.75) is 39.2 Å². The van der Waals surface area contributed by atoms with Crippen molar-refractivity contribution in [1.82, 2.24) is 5.32 Å². The molecule has 0 bridgehead atoms. The zero-order valence-electron chi connectivity index (χ0n) is 11.7. The van der Waals surface area contributed by atoms with E-state index in [4.69, 9.17) is 10.9 Å². The van der Waals surface area contributed by atoms with Crippen LogP contribution in [0.25, 0.3) is 0 Å². The first-order valence-electron chi connectivity index (χ1n) is 6.82. The average molecular weight is 261 g/mol. The van der Waals surface area contributed by atoms with Gasteiger partial charge in [0.25, 0.3) is 0 Å². The van der Waals surface area contributed by atoms with Gasteiger partial charge in [0, 0.05) is 19.0 Å². The van der Waals surface area contributed by atoms with Crippen molar-refractivity contribution < 1.29 is 5.21 Å². The summed E-state index contributed by atoms with van der Waals surface area (Å²) in [7, 11) is 0. The number of amidine groups is 1. The lowest BCUT2D eigenvalue weighted by molar-refractivity contribution is 0.313. The predicted octanol–water partition coefficient (Wildman–Crippen LogP) is 2.56. The summed E-state index contributed by atoms with van der Waals surface area (Å²) in [6.07, 6.45) is 2.98. The molecule has 1 aliphatic rings. The Morgan fingerprint density at radius 2 is 2.16 bits per heavy atom. The van der Waals surface area contributed by atoms with Crippen LogP contribution in [-0.2, 0) is 0 Å². The fraction of sp³-hybridized carbons (Fsp3) is 0.533. The van der Waals surface area contributed by atoms with Crippen LogP contribution in [0.2, 0.25) is 0 Å². The number of nitrogens with zero attached hydrogens (tertiary/aromatic N) is 1. The first-order valence-corrected chi connectivity index (χ1v) is 6.82. The standard InChI is InChI=1S/C15H23N3O/c1-11-5-3-4-6-13(11)12(2)17-10-15(7-8-15)9-14(16)18-19/h3-6,12,17,19H,7-10H2,1-2H3,(H2,16,18)/t12-/m0/s1. The van der Waals surface area contributed by atoms with Gasteiger partial charge in [0.2, 0.25) is 0 Å². The number of benzene rings is 1. The number of hydrogen-bond acceptors (Lipinski definition) is 3. The van der Waals surface area contributed by atoms with Gasteiger partial charge in [0.05, 0.1) is 0 Å². The molecule has 0 aromatic heterocycles. The summed E-state index contributed by atoms with van der Waals surface area (Å²) in [6, 6.07) is 8.76. The van der Waals surface area contributed by atoms with Crippen molar-refractivity contribution in [2.24, 2.45) is 16.3 Å².